The van der Waals surface area contributed by atoms with Gasteiger partial charge in [0.25, 0.3) is 0 Å². The topological polar surface area (TPSA) is 43.4 Å². The van der Waals surface area contributed by atoms with E-state index in [1.165, 1.54) is 31.4 Å². The van der Waals surface area contributed by atoms with Crippen LogP contribution in [-0.2, 0) is 4.74 Å². The normalized spacial score (nSPS) is 10.3. The maximum Gasteiger partial charge on any atom is 0.337 e. The van der Waals surface area contributed by atoms with Crippen molar-refractivity contribution in [2.24, 2.45) is 0 Å². The van der Waals surface area contributed by atoms with Crippen LogP contribution in [0.2, 0.25) is 5.02 Å². The number of ether oxygens (including phenoxy) is 1. The van der Waals surface area contributed by atoms with E-state index in [1.54, 1.807) is 0 Å². The van der Waals surface area contributed by atoms with Gasteiger partial charge < -0.3 is 4.74 Å². The van der Waals surface area contributed by atoms with Gasteiger partial charge in [0.2, 0.25) is 0 Å². The lowest BCUT2D eigenvalue weighted by molar-refractivity contribution is 0.0600. The Bertz CT molecular complexity index is 731. The fourth-order valence-electron chi connectivity index (χ4n) is 1.76. The van der Waals surface area contributed by atoms with Crippen LogP contribution in [0.1, 0.15) is 26.3 Å². The molecule has 0 unspecified atom stereocenters. The maximum absolute atomic E-state index is 13.0. The second-order valence-electron chi connectivity index (χ2n) is 4.14. The zero-order chi connectivity index (χ0) is 15.6. The van der Waals surface area contributed by atoms with E-state index in [1.807, 2.05) is 0 Å². The molecule has 0 aliphatic rings. The molecule has 0 radical (unpaired) electrons. The van der Waals surface area contributed by atoms with Crippen LogP contribution in [0.15, 0.2) is 40.9 Å². The van der Waals surface area contributed by atoms with Crippen molar-refractivity contribution in [3.05, 3.63) is 68.4 Å². The SMILES string of the molecule is COC(=O)c1ccc(C(=O)c2ccc(F)cc2Cl)c(Br)c1. The molecule has 0 heterocycles. The highest BCUT2D eigenvalue weighted by Gasteiger charge is 2.17. The van der Waals surface area contributed by atoms with Crippen molar-refractivity contribution in [2.75, 3.05) is 7.11 Å². The Labute approximate surface area is 133 Å². The smallest absolute Gasteiger partial charge is 0.337 e. The van der Waals surface area contributed by atoms with Gasteiger partial charge in [0.15, 0.2) is 5.78 Å². The van der Waals surface area contributed by atoms with Crippen LogP contribution < -0.4 is 0 Å². The first-order chi connectivity index (χ1) is 9.93. The Morgan fingerprint density at radius 3 is 2.38 bits per heavy atom. The molecule has 0 amide bonds. The van der Waals surface area contributed by atoms with Crippen molar-refractivity contribution in [2.45, 2.75) is 0 Å². The molecular formula is C15H9BrClFO3. The molecule has 0 spiro atoms. The Morgan fingerprint density at radius 1 is 1.14 bits per heavy atom. The summed E-state index contributed by atoms with van der Waals surface area (Å²) in [5, 5.41) is 0.0314. The molecule has 0 saturated heterocycles. The average Bonchev–Trinajstić information content (AvgIpc) is 2.45. The predicted octanol–water partition coefficient (Wildman–Crippen LogP) is 4.26. The van der Waals surface area contributed by atoms with Crippen LogP contribution in [0.4, 0.5) is 4.39 Å². The highest BCUT2D eigenvalue weighted by atomic mass is 79.9. The lowest BCUT2D eigenvalue weighted by Gasteiger charge is -2.07. The molecule has 21 heavy (non-hydrogen) atoms. The second-order valence-corrected chi connectivity index (χ2v) is 5.40. The van der Waals surface area contributed by atoms with Crippen molar-refractivity contribution in [3.63, 3.8) is 0 Å². The first-order valence-corrected chi connectivity index (χ1v) is 6.98. The third kappa shape index (κ3) is 3.31. The summed E-state index contributed by atoms with van der Waals surface area (Å²) in [7, 11) is 1.27. The molecule has 0 aliphatic carbocycles. The van der Waals surface area contributed by atoms with Crippen LogP contribution in [-0.4, -0.2) is 18.9 Å². The van der Waals surface area contributed by atoms with Crippen LogP contribution in [0.25, 0.3) is 0 Å². The Kier molecular flexibility index (Phi) is 4.75. The second kappa shape index (κ2) is 6.37. The number of methoxy groups -OCH3 is 1. The molecule has 2 rings (SSSR count). The van der Waals surface area contributed by atoms with E-state index < -0.39 is 11.8 Å². The summed E-state index contributed by atoms with van der Waals surface area (Å²) in [6.07, 6.45) is 0. The number of ketones is 1. The number of benzene rings is 2. The zero-order valence-corrected chi connectivity index (χ0v) is 13.2. The molecule has 6 heteroatoms. The summed E-state index contributed by atoms with van der Waals surface area (Å²) in [6, 6.07) is 8.00. The number of hydrogen-bond donors (Lipinski definition) is 0. The molecule has 0 N–H and O–H groups in total. The van der Waals surface area contributed by atoms with Crippen molar-refractivity contribution >= 4 is 39.3 Å². The van der Waals surface area contributed by atoms with Gasteiger partial charge in [-0.25, -0.2) is 9.18 Å². The largest absolute Gasteiger partial charge is 0.465 e. The highest BCUT2D eigenvalue weighted by Crippen LogP contribution is 2.26. The Hall–Kier alpha value is -1.72. The molecular weight excluding hydrogens is 363 g/mol. The van der Waals surface area contributed by atoms with Gasteiger partial charge in [-0.1, -0.05) is 27.5 Å². The van der Waals surface area contributed by atoms with Gasteiger partial charge >= 0.3 is 5.97 Å². The Balaban J connectivity index is 2.42. The van der Waals surface area contributed by atoms with Crippen LogP contribution >= 0.6 is 27.5 Å². The number of rotatable bonds is 3. The van der Waals surface area contributed by atoms with Gasteiger partial charge in [-0.15, -0.1) is 0 Å². The fraction of sp³-hybridized carbons (Fsp3) is 0.0667. The minimum atomic E-state index is -0.517. The third-order valence-corrected chi connectivity index (χ3v) is 3.78. The highest BCUT2D eigenvalue weighted by molar-refractivity contribution is 9.10. The summed E-state index contributed by atoms with van der Waals surface area (Å²) >= 11 is 9.12. The van der Waals surface area contributed by atoms with Gasteiger partial charge in [-0.05, 0) is 36.4 Å². The number of halogens is 3. The van der Waals surface area contributed by atoms with E-state index >= 15 is 0 Å². The summed E-state index contributed by atoms with van der Waals surface area (Å²) in [5.74, 6) is -1.39. The summed E-state index contributed by atoms with van der Waals surface area (Å²) in [4.78, 5) is 23.8. The van der Waals surface area contributed by atoms with Crippen molar-refractivity contribution in [1.82, 2.24) is 0 Å². The third-order valence-electron chi connectivity index (χ3n) is 2.81. The van der Waals surface area contributed by atoms with Crippen LogP contribution in [0.3, 0.4) is 0 Å². The molecule has 0 aliphatic heterocycles. The summed E-state index contributed by atoms with van der Waals surface area (Å²) < 4.78 is 18.0. The standard InChI is InChI=1S/C15H9BrClFO3/c1-21-15(20)8-2-4-10(12(16)6-8)14(19)11-5-3-9(18)7-13(11)17/h2-7H,1H3. The van der Waals surface area contributed by atoms with Crippen molar-refractivity contribution in [3.8, 4) is 0 Å². The summed E-state index contributed by atoms with van der Waals surface area (Å²) in [6.45, 7) is 0. The van der Waals surface area contributed by atoms with Crippen LogP contribution in [0, 0.1) is 5.82 Å². The summed E-state index contributed by atoms with van der Waals surface area (Å²) in [5.41, 5.74) is 0.812. The Morgan fingerprint density at radius 2 is 1.81 bits per heavy atom. The average molecular weight is 372 g/mol. The van der Waals surface area contributed by atoms with Gasteiger partial charge in [0.1, 0.15) is 5.82 Å². The first kappa shape index (κ1) is 15.7. The van der Waals surface area contributed by atoms with Gasteiger partial charge in [-0.3, -0.25) is 4.79 Å². The molecule has 108 valence electrons. The minimum Gasteiger partial charge on any atom is -0.465 e. The van der Waals surface area contributed by atoms with E-state index in [0.717, 1.165) is 12.1 Å². The maximum atomic E-state index is 13.0. The van der Waals surface area contributed by atoms with Crippen LogP contribution in [0.5, 0.6) is 0 Å². The lowest BCUT2D eigenvalue weighted by atomic mass is 10.0. The van der Waals surface area contributed by atoms with Gasteiger partial charge in [0, 0.05) is 15.6 Å². The predicted molar refractivity (Wildman–Crippen MR) is 80.3 cm³/mol. The van der Waals surface area contributed by atoms with E-state index in [9.17, 15) is 14.0 Å². The lowest BCUT2D eigenvalue weighted by Crippen LogP contribution is -2.06. The molecule has 0 aromatic heterocycles. The molecule has 0 saturated carbocycles. The number of hydrogen-bond acceptors (Lipinski definition) is 3. The monoisotopic (exact) mass is 370 g/mol. The minimum absolute atomic E-state index is 0.0314. The van der Waals surface area contributed by atoms with Crippen molar-refractivity contribution in [1.29, 1.82) is 0 Å². The molecule has 2 aromatic carbocycles. The molecule has 2 aromatic rings. The number of esters is 1. The zero-order valence-electron chi connectivity index (χ0n) is 10.8. The molecule has 0 fully saturated rings. The van der Waals surface area contributed by atoms with E-state index in [4.69, 9.17) is 11.6 Å². The molecule has 0 bridgehead atoms. The number of carbonyl (C=O) groups excluding carboxylic acids is 2. The van der Waals surface area contributed by atoms with E-state index in [0.29, 0.717) is 15.6 Å². The van der Waals surface area contributed by atoms with Gasteiger partial charge in [-0.2, -0.15) is 0 Å². The number of carbonyl (C=O) groups is 2. The van der Waals surface area contributed by atoms with E-state index in [-0.39, 0.29) is 16.4 Å². The fourth-order valence-corrected chi connectivity index (χ4v) is 2.57. The van der Waals surface area contributed by atoms with Crippen molar-refractivity contribution < 1.29 is 18.7 Å². The first-order valence-electron chi connectivity index (χ1n) is 5.81. The quantitative estimate of drug-likeness (QED) is 0.598. The molecule has 3 nitrogen and oxygen atoms in total. The molecule has 0 atom stereocenters. The van der Waals surface area contributed by atoms with Gasteiger partial charge in [0.05, 0.1) is 17.7 Å². The van der Waals surface area contributed by atoms with E-state index in [2.05, 4.69) is 20.7 Å².